The molecule has 288 valence electrons. The fourth-order valence-corrected chi connectivity index (χ4v) is 9.07. The number of aliphatic hydroxyl groups is 2. The quantitative estimate of drug-likeness (QED) is 0.163. The van der Waals surface area contributed by atoms with Crippen LogP contribution in [0.25, 0.3) is 0 Å². The van der Waals surface area contributed by atoms with Crippen LogP contribution in [0.4, 0.5) is 0 Å². The second-order valence-electron chi connectivity index (χ2n) is 16.1. The molecule has 6 aromatic carbocycles. The van der Waals surface area contributed by atoms with E-state index in [1.165, 1.54) is 44.5 Å². The fourth-order valence-electron chi connectivity index (χ4n) is 9.07. The Bertz CT molecular complexity index is 1920. The Morgan fingerprint density at radius 3 is 0.839 bits per heavy atom. The van der Waals surface area contributed by atoms with Crippen molar-refractivity contribution in [3.8, 4) is 0 Å². The first-order chi connectivity index (χ1) is 27.2. The molecular weight excluding hydrogens is 685 g/mol. The standard InChI is InChI=1S/2C26H29NO/c2*1-20-10-6-8-14-23(20)25(24-15-9-7-11-21(24)2)27-18-16-26(28,17-19-27)22-12-4-3-5-13-22/h2*3-15,25,28H,16-19H2,1-2H3. The first-order valence-corrected chi connectivity index (χ1v) is 20.4. The Labute approximate surface area is 335 Å². The summed E-state index contributed by atoms with van der Waals surface area (Å²) in [6.45, 7) is 12.3. The maximum absolute atomic E-state index is 11.3. The molecule has 4 nitrogen and oxygen atoms in total. The van der Waals surface area contributed by atoms with Crippen molar-refractivity contribution < 1.29 is 10.2 Å². The van der Waals surface area contributed by atoms with Gasteiger partial charge < -0.3 is 10.2 Å². The molecular formula is C52H58N2O2. The Hall–Kier alpha value is -4.84. The van der Waals surface area contributed by atoms with E-state index in [1.807, 2.05) is 36.4 Å². The lowest BCUT2D eigenvalue weighted by molar-refractivity contribution is -0.0328. The van der Waals surface area contributed by atoms with Crippen LogP contribution in [0.5, 0.6) is 0 Å². The van der Waals surface area contributed by atoms with E-state index >= 15 is 0 Å². The van der Waals surface area contributed by atoms with Crippen LogP contribution in [-0.4, -0.2) is 46.2 Å². The van der Waals surface area contributed by atoms with E-state index < -0.39 is 11.2 Å². The molecule has 0 bridgehead atoms. The van der Waals surface area contributed by atoms with E-state index in [1.54, 1.807) is 0 Å². The van der Waals surface area contributed by atoms with Gasteiger partial charge in [0.05, 0.1) is 23.3 Å². The molecule has 2 heterocycles. The molecule has 2 saturated heterocycles. The van der Waals surface area contributed by atoms with Crippen LogP contribution < -0.4 is 0 Å². The van der Waals surface area contributed by atoms with E-state index in [0.717, 1.165) is 63.0 Å². The zero-order valence-electron chi connectivity index (χ0n) is 33.6. The zero-order chi connectivity index (χ0) is 39.1. The highest BCUT2D eigenvalue weighted by molar-refractivity contribution is 5.42. The second-order valence-corrected chi connectivity index (χ2v) is 16.1. The van der Waals surface area contributed by atoms with Crippen LogP contribution in [0.1, 0.15) is 93.4 Å². The largest absolute Gasteiger partial charge is 0.385 e. The molecule has 8 rings (SSSR count). The minimum Gasteiger partial charge on any atom is -0.385 e. The summed E-state index contributed by atoms with van der Waals surface area (Å²) in [6.07, 6.45) is 3.02. The molecule has 0 spiro atoms. The first kappa shape index (κ1) is 39.4. The third-order valence-corrected chi connectivity index (χ3v) is 12.5. The summed E-state index contributed by atoms with van der Waals surface area (Å²) < 4.78 is 0. The molecule has 0 aromatic heterocycles. The van der Waals surface area contributed by atoms with E-state index in [4.69, 9.17) is 0 Å². The normalized spacial score (nSPS) is 17.0. The highest BCUT2D eigenvalue weighted by Gasteiger charge is 2.38. The van der Waals surface area contributed by atoms with Gasteiger partial charge in [-0.3, -0.25) is 9.80 Å². The number of likely N-dealkylation sites (tertiary alicyclic amines) is 2. The number of hydrogen-bond donors (Lipinski definition) is 2. The van der Waals surface area contributed by atoms with Crippen LogP contribution in [0.15, 0.2) is 158 Å². The van der Waals surface area contributed by atoms with Gasteiger partial charge in [0.25, 0.3) is 0 Å². The predicted molar refractivity (Wildman–Crippen MR) is 231 cm³/mol. The molecule has 2 N–H and O–H groups in total. The van der Waals surface area contributed by atoms with E-state index in [2.05, 4.69) is 159 Å². The summed E-state index contributed by atoms with van der Waals surface area (Å²) in [5, 5.41) is 22.5. The summed E-state index contributed by atoms with van der Waals surface area (Å²) in [4.78, 5) is 5.09. The van der Waals surface area contributed by atoms with Crippen molar-refractivity contribution in [1.82, 2.24) is 9.80 Å². The van der Waals surface area contributed by atoms with Crippen molar-refractivity contribution in [3.63, 3.8) is 0 Å². The van der Waals surface area contributed by atoms with Crippen LogP contribution >= 0.6 is 0 Å². The summed E-state index contributed by atoms with van der Waals surface area (Å²) in [5.74, 6) is 0. The maximum atomic E-state index is 11.3. The Balaban J connectivity index is 0.000000172. The van der Waals surface area contributed by atoms with Gasteiger partial charge in [-0.25, -0.2) is 0 Å². The van der Waals surface area contributed by atoms with Crippen molar-refractivity contribution in [2.75, 3.05) is 26.2 Å². The molecule has 0 aliphatic carbocycles. The lowest BCUT2D eigenvalue weighted by atomic mass is 9.82. The van der Waals surface area contributed by atoms with Crippen molar-refractivity contribution in [2.45, 2.75) is 76.7 Å². The summed E-state index contributed by atoms with van der Waals surface area (Å²) >= 11 is 0. The molecule has 6 aromatic rings. The third-order valence-electron chi connectivity index (χ3n) is 12.5. The average Bonchev–Trinajstić information content (AvgIpc) is 3.23. The van der Waals surface area contributed by atoms with Gasteiger partial charge in [0.2, 0.25) is 0 Å². The Morgan fingerprint density at radius 1 is 0.357 bits per heavy atom. The van der Waals surface area contributed by atoms with Gasteiger partial charge in [-0.15, -0.1) is 0 Å². The molecule has 4 heteroatoms. The van der Waals surface area contributed by atoms with Crippen molar-refractivity contribution >= 4 is 0 Å². The maximum Gasteiger partial charge on any atom is 0.0920 e. The van der Waals surface area contributed by atoms with Gasteiger partial charge >= 0.3 is 0 Å². The summed E-state index contributed by atoms with van der Waals surface area (Å²) in [6, 6.07) is 55.5. The fraction of sp³-hybridized carbons (Fsp3) is 0.308. The lowest BCUT2D eigenvalue weighted by Crippen LogP contribution is -2.44. The second kappa shape index (κ2) is 17.5. The molecule has 0 saturated carbocycles. The van der Waals surface area contributed by atoms with Crippen LogP contribution in [0, 0.1) is 27.7 Å². The van der Waals surface area contributed by atoms with E-state index in [-0.39, 0.29) is 12.1 Å². The number of piperidine rings is 2. The number of rotatable bonds is 8. The summed E-state index contributed by atoms with van der Waals surface area (Å²) in [5.41, 5.74) is 11.4. The molecule has 2 aliphatic rings. The smallest absolute Gasteiger partial charge is 0.0920 e. The molecule has 0 amide bonds. The van der Waals surface area contributed by atoms with E-state index in [0.29, 0.717) is 0 Å². The molecule has 2 fully saturated rings. The number of nitrogens with zero attached hydrogens (tertiary/aromatic N) is 2. The molecule has 0 unspecified atom stereocenters. The minimum absolute atomic E-state index is 0.225. The summed E-state index contributed by atoms with van der Waals surface area (Å²) in [7, 11) is 0. The average molecular weight is 743 g/mol. The van der Waals surface area contributed by atoms with Crippen LogP contribution in [0.3, 0.4) is 0 Å². The monoisotopic (exact) mass is 742 g/mol. The van der Waals surface area contributed by atoms with Crippen LogP contribution in [0.2, 0.25) is 0 Å². The van der Waals surface area contributed by atoms with Gasteiger partial charge in [-0.05, 0) is 109 Å². The van der Waals surface area contributed by atoms with Gasteiger partial charge in [-0.2, -0.15) is 0 Å². The molecule has 56 heavy (non-hydrogen) atoms. The third kappa shape index (κ3) is 8.60. The van der Waals surface area contributed by atoms with Gasteiger partial charge in [-0.1, -0.05) is 158 Å². The Kier molecular flexibility index (Phi) is 12.3. The first-order valence-electron chi connectivity index (χ1n) is 20.4. The zero-order valence-corrected chi connectivity index (χ0v) is 33.6. The van der Waals surface area contributed by atoms with Gasteiger partial charge in [0.1, 0.15) is 0 Å². The molecule has 0 atom stereocenters. The van der Waals surface area contributed by atoms with Crippen molar-refractivity contribution in [2.24, 2.45) is 0 Å². The minimum atomic E-state index is -0.722. The number of hydrogen-bond acceptors (Lipinski definition) is 4. The SMILES string of the molecule is Cc1ccccc1C(c1ccccc1C)N1CCC(O)(c2ccccc2)CC1.Cc1ccccc1C(c1ccccc1C)N1CCC(O)(c2ccccc2)CC1. The molecule has 2 aliphatic heterocycles. The van der Waals surface area contributed by atoms with Crippen LogP contribution in [-0.2, 0) is 11.2 Å². The van der Waals surface area contributed by atoms with Crippen molar-refractivity contribution in [3.05, 3.63) is 213 Å². The highest BCUT2D eigenvalue weighted by Crippen LogP contribution is 2.41. The van der Waals surface area contributed by atoms with Crippen molar-refractivity contribution in [1.29, 1.82) is 0 Å². The number of aryl methyl sites for hydroxylation is 4. The lowest BCUT2D eigenvalue weighted by Gasteiger charge is -2.43. The highest BCUT2D eigenvalue weighted by atomic mass is 16.3. The number of benzene rings is 6. The van der Waals surface area contributed by atoms with Gasteiger partial charge in [0.15, 0.2) is 0 Å². The van der Waals surface area contributed by atoms with E-state index in [9.17, 15) is 10.2 Å². The van der Waals surface area contributed by atoms with Gasteiger partial charge in [0, 0.05) is 26.2 Å². The predicted octanol–water partition coefficient (Wildman–Crippen LogP) is 10.8. The topological polar surface area (TPSA) is 46.9 Å². The molecule has 0 radical (unpaired) electrons. The Morgan fingerprint density at radius 2 is 0.589 bits per heavy atom.